The van der Waals surface area contributed by atoms with Crippen LogP contribution in [-0.4, -0.2) is 5.11 Å². The number of aliphatic hydroxyl groups is 1. The summed E-state index contributed by atoms with van der Waals surface area (Å²) in [6.07, 6.45) is 0. The molecule has 1 nitrogen and oxygen atoms in total. The second-order valence-corrected chi connectivity index (χ2v) is 4.09. The van der Waals surface area contributed by atoms with Gasteiger partial charge in [-0.15, -0.1) is 0 Å². The van der Waals surface area contributed by atoms with Crippen LogP contribution in [0.2, 0.25) is 0 Å². The molecule has 0 saturated heterocycles. The molecule has 13 heavy (non-hydrogen) atoms. The number of aliphatic hydroxyl groups excluding tert-OH is 1. The van der Waals surface area contributed by atoms with E-state index in [1.807, 2.05) is 20.8 Å². The van der Waals surface area contributed by atoms with E-state index in [1.165, 1.54) is 0 Å². The van der Waals surface area contributed by atoms with Crippen LogP contribution >= 0.6 is 0 Å². The Morgan fingerprint density at radius 2 is 1.92 bits per heavy atom. The summed E-state index contributed by atoms with van der Waals surface area (Å²) < 4.78 is 13.6. The van der Waals surface area contributed by atoms with E-state index in [2.05, 4.69) is 0 Å². The quantitative estimate of drug-likeness (QED) is 0.706. The molecule has 0 heterocycles. The van der Waals surface area contributed by atoms with Crippen molar-refractivity contribution in [2.45, 2.75) is 26.2 Å². The van der Waals surface area contributed by atoms with Crippen molar-refractivity contribution in [3.63, 3.8) is 0 Å². The maximum Gasteiger partial charge on any atom is 0.132 e. The summed E-state index contributed by atoms with van der Waals surface area (Å²) in [4.78, 5) is 0. The number of rotatable bonds is 1. The van der Waals surface area contributed by atoms with Crippen LogP contribution in [0.25, 0.3) is 0 Å². The molecule has 0 atom stereocenters. The summed E-state index contributed by atoms with van der Waals surface area (Å²) in [7, 11) is 0. The summed E-state index contributed by atoms with van der Waals surface area (Å²) in [5, 5.41) is 8.74. The zero-order valence-corrected chi connectivity index (χ0v) is 8.13. The molecule has 0 fully saturated rings. The van der Waals surface area contributed by atoms with Crippen molar-refractivity contribution in [1.82, 2.24) is 0 Å². The van der Waals surface area contributed by atoms with Crippen LogP contribution in [-0.2, 0) is 5.41 Å². The average molecular weight is 181 g/mol. The molecule has 0 aromatic heterocycles. The molecule has 0 aliphatic carbocycles. The first kappa shape index (κ1) is 10.2. The van der Waals surface area contributed by atoms with Gasteiger partial charge in [-0.1, -0.05) is 39.0 Å². The van der Waals surface area contributed by atoms with E-state index in [0.717, 1.165) is 6.61 Å². The first-order valence-electron chi connectivity index (χ1n) is 4.23. The third kappa shape index (κ3) is 2.07. The van der Waals surface area contributed by atoms with Gasteiger partial charge in [-0.05, 0) is 11.0 Å². The second-order valence-electron chi connectivity index (χ2n) is 4.09. The zero-order chi connectivity index (χ0) is 10.1. The van der Waals surface area contributed by atoms with E-state index >= 15 is 0 Å². The fourth-order valence-corrected chi connectivity index (χ4v) is 1.23. The zero-order valence-electron chi connectivity index (χ0n) is 8.13. The molecule has 2 heteroatoms. The lowest BCUT2D eigenvalue weighted by Gasteiger charge is -2.20. The largest absolute Gasteiger partial charge is 0.385 e. The molecule has 1 radical (unpaired) electrons. The van der Waals surface area contributed by atoms with Crippen molar-refractivity contribution in [2.75, 3.05) is 0 Å². The topological polar surface area (TPSA) is 20.2 Å². The summed E-state index contributed by atoms with van der Waals surface area (Å²) in [5.41, 5.74) is 0.631. The lowest BCUT2D eigenvalue weighted by Crippen LogP contribution is -2.14. The highest BCUT2D eigenvalue weighted by molar-refractivity contribution is 5.33. The second kappa shape index (κ2) is 3.46. The predicted octanol–water partition coefficient (Wildman–Crippen LogP) is 3.01. The van der Waals surface area contributed by atoms with Gasteiger partial charge in [0.25, 0.3) is 0 Å². The van der Waals surface area contributed by atoms with E-state index in [9.17, 15) is 4.39 Å². The van der Waals surface area contributed by atoms with E-state index in [1.54, 1.807) is 18.2 Å². The molecule has 1 rings (SSSR count). The number of hydrogen-bond acceptors (Lipinski definition) is 1. The smallest absolute Gasteiger partial charge is 0.132 e. The molecule has 0 bridgehead atoms. The van der Waals surface area contributed by atoms with Crippen LogP contribution < -0.4 is 0 Å². The van der Waals surface area contributed by atoms with Crippen LogP contribution in [0.15, 0.2) is 18.2 Å². The molecule has 0 amide bonds. The maximum atomic E-state index is 13.6. The average Bonchev–Trinajstić information content (AvgIpc) is 2.02. The normalized spacial score (nSPS) is 11.8. The maximum absolute atomic E-state index is 13.6. The Morgan fingerprint density at radius 1 is 1.31 bits per heavy atom. The Morgan fingerprint density at radius 3 is 2.38 bits per heavy atom. The summed E-state index contributed by atoms with van der Waals surface area (Å²) in [6, 6.07) is 5.03. The molecule has 0 saturated carbocycles. The van der Waals surface area contributed by atoms with Gasteiger partial charge in [0.2, 0.25) is 0 Å². The molecular formula is C11H14FO. The Hall–Kier alpha value is -0.890. The lowest BCUT2D eigenvalue weighted by molar-refractivity contribution is 0.404. The van der Waals surface area contributed by atoms with Gasteiger partial charge in [0.1, 0.15) is 12.4 Å². The van der Waals surface area contributed by atoms with E-state index in [-0.39, 0.29) is 16.8 Å². The van der Waals surface area contributed by atoms with E-state index < -0.39 is 0 Å². The lowest BCUT2D eigenvalue weighted by atomic mass is 9.86. The Balaban J connectivity index is 3.24. The third-order valence-electron chi connectivity index (χ3n) is 1.98. The van der Waals surface area contributed by atoms with Crippen LogP contribution in [0.4, 0.5) is 4.39 Å². The molecule has 1 aromatic carbocycles. The van der Waals surface area contributed by atoms with Crippen molar-refractivity contribution in [2.24, 2.45) is 0 Å². The van der Waals surface area contributed by atoms with Crippen LogP contribution in [0.3, 0.4) is 0 Å². The van der Waals surface area contributed by atoms with Crippen molar-refractivity contribution in [1.29, 1.82) is 0 Å². The highest BCUT2D eigenvalue weighted by atomic mass is 19.1. The van der Waals surface area contributed by atoms with Gasteiger partial charge in [0, 0.05) is 5.56 Å². The highest BCUT2D eigenvalue weighted by Gasteiger charge is 2.19. The van der Waals surface area contributed by atoms with Crippen molar-refractivity contribution >= 4 is 0 Å². The SMILES string of the molecule is CC(C)(C)c1cccc([CH]O)c1F. The first-order chi connectivity index (χ1) is 5.96. The molecule has 71 valence electrons. The number of halogens is 1. The monoisotopic (exact) mass is 181 g/mol. The van der Waals surface area contributed by atoms with Crippen molar-refractivity contribution in [3.05, 3.63) is 41.8 Å². The fraction of sp³-hybridized carbons (Fsp3) is 0.364. The fourth-order valence-electron chi connectivity index (χ4n) is 1.23. The van der Waals surface area contributed by atoms with Crippen LogP contribution in [0.1, 0.15) is 31.9 Å². The highest BCUT2D eigenvalue weighted by Crippen LogP contribution is 2.26. The summed E-state index contributed by atoms with van der Waals surface area (Å²) >= 11 is 0. The Labute approximate surface area is 78.2 Å². The van der Waals surface area contributed by atoms with Gasteiger partial charge in [0.05, 0.1) is 0 Å². The van der Waals surface area contributed by atoms with Gasteiger partial charge in [-0.2, -0.15) is 0 Å². The minimum atomic E-state index is -0.336. The van der Waals surface area contributed by atoms with E-state index in [0.29, 0.717) is 5.56 Å². The minimum Gasteiger partial charge on any atom is -0.385 e. The Kier molecular flexibility index (Phi) is 2.71. The molecule has 0 aliphatic rings. The Bertz CT molecular complexity index is 299. The van der Waals surface area contributed by atoms with Gasteiger partial charge in [0.15, 0.2) is 0 Å². The van der Waals surface area contributed by atoms with E-state index in [4.69, 9.17) is 5.11 Å². The van der Waals surface area contributed by atoms with Gasteiger partial charge < -0.3 is 5.11 Å². The van der Waals surface area contributed by atoms with Crippen molar-refractivity contribution in [3.8, 4) is 0 Å². The van der Waals surface area contributed by atoms with Crippen molar-refractivity contribution < 1.29 is 9.50 Å². The van der Waals surface area contributed by atoms with Crippen LogP contribution in [0.5, 0.6) is 0 Å². The van der Waals surface area contributed by atoms with Gasteiger partial charge in [-0.25, -0.2) is 4.39 Å². The first-order valence-corrected chi connectivity index (χ1v) is 4.23. The number of benzene rings is 1. The standard InChI is InChI=1S/C11H14FO/c1-11(2,3)9-6-4-5-8(7-13)10(9)12/h4-7,13H,1-3H3. The summed E-state index contributed by atoms with van der Waals surface area (Å²) in [5.74, 6) is -0.336. The van der Waals surface area contributed by atoms with Crippen LogP contribution in [0, 0.1) is 12.4 Å². The molecule has 0 unspecified atom stereocenters. The minimum absolute atomic E-state index is 0.233. The third-order valence-corrected chi connectivity index (χ3v) is 1.98. The predicted molar refractivity (Wildman–Crippen MR) is 50.4 cm³/mol. The molecular weight excluding hydrogens is 167 g/mol. The summed E-state index contributed by atoms with van der Waals surface area (Å²) in [6.45, 7) is 6.61. The molecule has 0 spiro atoms. The van der Waals surface area contributed by atoms with Gasteiger partial charge in [-0.3, -0.25) is 0 Å². The molecule has 1 aromatic rings. The number of hydrogen-bond donors (Lipinski definition) is 1. The van der Waals surface area contributed by atoms with Gasteiger partial charge >= 0.3 is 0 Å². The molecule has 0 aliphatic heterocycles. The molecule has 1 N–H and O–H groups in total.